The lowest BCUT2D eigenvalue weighted by molar-refractivity contribution is -0.125. The van der Waals surface area contributed by atoms with Crippen LogP contribution < -0.4 is 10.6 Å². The van der Waals surface area contributed by atoms with Crippen molar-refractivity contribution in [1.29, 1.82) is 0 Å². The number of thiazole rings is 1. The van der Waals surface area contributed by atoms with Gasteiger partial charge in [-0.25, -0.2) is 4.98 Å². The summed E-state index contributed by atoms with van der Waals surface area (Å²) in [5.74, 6) is 0.511. The van der Waals surface area contributed by atoms with Crippen molar-refractivity contribution < 1.29 is 4.79 Å². The van der Waals surface area contributed by atoms with Gasteiger partial charge >= 0.3 is 0 Å². The smallest absolute Gasteiger partial charge is 0.237 e. The van der Waals surface area contributed by atoms with Crippen LogP contribution >= 0.6 is 11.3 Å². The van der Waals surface area contributed by atoms with Crippen LogP contribution in [0.4, 0.5) is 0 Å². The van der Waals surface area contributed by atoms with Crippen molar-refractivity contribution in [3.8, 4) is 0 Å². The molecule has 0 spiro atoms. The molecular formula is C14H23N3OS. The zero-order valence-electron chi connectivity index (χ0n) is 11.9. The summed E-state index contributed by atoms with van der Waals surface area (Å²) in [6, 6.07) is -0.0597. The van der Waals surface area contributed by atoms with Crippen LogP contribution in [-0.4, -0.2) is 23.5 Å². The standard InChI is InChI=1S/C14H23N3OS/c1-4-11-8-16-14(19-11)10(3)17-13(18)12-9(2)6-5-7-15-12/h8-10,12,15H,4-7H2,1-3H3,(H,17,18). The van der Waals surface area contributed by atoms with Crippen molar-refractivity contribution in [2.24, 2.45) is 5.92 Å². The number of nitrogens with one attached hydrogen (secondary N) is 2. The zero-order valence-corrected chi connectivity index (χ0v) is 12.7. The second-order valence-corrected chi connectivity index (χ2v) is 6.45. The molecule has 2 N–H and O–H groups in total. The van der Waals surface area contributed by atoms with Crippen LogP contribution in [0.5, 0.6) is 0 Å². The van der Waals surface area contributed by atoms with Gasteiger partial charge < -0.3 is 10.6 Å². The van der Waals surface area contributed by atoms with Gasteiger partial charge in [-0.1, -0.05) is 13.8 Å². The number of nitrogens with zero attached hydrogens (tertiary/aromatic N) is 1. The molecule has 1 aliphatic rings. The molecule has 0 aliphatic carbocycles. The Labute approximate surface area is 119 Å². The van der Waals surface area contributed by atoms with E-state index < -0.39 is 0 Å². The Balaban J connectivity index is 1.94. The summed E-state index contributed by atoms with van der Waals surface area (Å²) in [5, 5.41) is 7.39. The van der Waals surface area contributed by atoms with Crippen LogP contribution in [0.1, 0.15) is 49.5 Å². The molecule has 1 aromatic rings. The van der Waals surface area contributed by atoms with Crippen molar-refractivity contribution in [2.45, 2.75) is 52.1 Å². The Kier molecular flexibility index (Phi) is 4.93. The lowest BCUT2D eigenvalue weighted by atomic mass is 9.92. The van der Waals surface area contributed by atoms with Crippen LogP contribution in [0.3, 0.4) is 0 Å². The normalized spacial score (nSPS) is 25.0. The third kappa shape index (κ3) is 3.54. The van der Waals surface area contributed by atoms with Crippen molar-refractivity contribution in [3.63, 3.8) is 0 Å². The highest BCUT2D eigenvalue weighted by atomic mass is 32.1. The highest BCUT2D eigenvalue weighted by Crippen LogP contribution is 2.21. The fourth-order valence-electron chi connectivity index (χ4n) is 2.45. The third-order valence-corrected chi connectivity index (χ3v) is 5.03. The lowest BCUT2D eigenvalue weighted by Gasteiger charge is -2.29. The molecule has 1 fully saturated rings. The Morgan fingerprint density at radius 1 is 1.68 bits per heavy atom. The van der Waals surface area contributed by atoms with Crippen molar-refractivity contribution in [3.05, 3.63) is 16.1 Å². The quantitative estimate of drug-likeness (QED) is 0.890. The molecule has 3 atom stereocenters. The van der Waals surface area contributed by atoms with Crippen LogP contribution in [0.15, 0.2) is 6.20 Å². The van der Waals surface area contributed by atoms with Crippen molar-refractivity contribution in [2.75, 3.05) is 6.54 Å². The number of aromatic nitrogens is 1. The van der Waals surface area contributed by atoms with E-state index >= 15 is 0 Å². The first-order chi connectivity index (χ1) is 9.11. The van der Waals surface area contributed by atoms with Crippen LogP contribution in [0.2, 0.25) is 0 Å². The van der Waals surface area contributed by atoms with Crippen molar-refractivity contribution in [1.82, 2.24) is 15.6 Å². The van der Waals surface area contributed by atoms with E-state index in [4.69, 9.17) is 0 Å². The summed E-state index contributed by atoms with van der Waals surface area (Å²) in [6.45, 7) is 7.20. The number of hydrogen-bond acceptors (Lipinski definition) is 4. The fraction of sp³-hybridized carbons (Fsp3) is 0.714. The van der Waals surface area contributed by atoms with E-state index in [1.807, 2.05) is 13.1 Å². The van der Waals surface area contributed by atoms with Gasteiger partial charge in [0.1, 0.15) is 5.01 Å². The van der Waals surface area contributed by atoms with Gasteiger partial charge in [0, 0.05) is 11.1 Å². The van der Waals surface area contributed by atoms with Gasteiger partial charge in [-0.15, -0.1) is 11.3 Å². The molecule has 0 saturated carbocycles. The summed E-state index contributed by atoms with van der Waals surface area (Å²) >= 11 is 1.68. The summed E-state index contributed by atoms with van der Waals surface area (Å²) in [7, 11) is 0. The first-order valence-corrected chi connectivity index (χ1v) is 7.91. The molecule has 2 rings (SSSR count). The second-order valence-electron chi connectivity index (χ2n) is 5.30. The Morgan fingerprint density at radius 2 is 2.47 bits per heavy atom. The molecule has 3 unspecified atom stereocenters. The minimum Gasteiger partial charge on any atom is -0.346 e. The van der Waals surface area contributed by atoms with Gasteiger partial charge in [0.15, 0.2) is 0 Å². The largest absolute Gasteiger partial charge is 0.346 e. The molecule has 0 bridgehead atoms. The maximum absolute atomic E-state index is 12.3. The number of carbonyl (C=O) groups is 1. The minimum atomic E-state index is -0.0539. The highest BCUT2D eigenvalue weighted by molar-refractivity contribution is 7.11. The Bertz CT molecular complexity index is 432. The predicted octanol–water partition coefficient (Wildman–Crippen LogP) is 2.27. The van der Waals surface area contributed by atoms with E-state index in [9.17, 15) is 4.79 Å². The molecule has 1 saturated heterocycles. The molecule has 0 aromatic carbocycles. The molecule has 1 aliphatic heterocycles. The number of aryl methyl sites for hydroxylation is 1. The SMILES string of the molecule is CCc1cnc(C(C)NC(=O)C2NCCCC2C)s1. The zero-order chi connectivity index (χ0) is 13.8. The number of rotatable bonds is 4. The molecule has 1 aromatic heterocycles. The lowest BCUT2D eigenvalue weighted by Crippen LogP contribution is -2.51. The number of hydrogen-bond donors (Lipinski definition) is 2. The topological polar surface area (TPSA) is 54.0 Å². The van der Waals surface area contributed by atoms with E-state index in [-0.39, 0.29) is 18.0 Å². The van der Waals surface area contributed by atoms with Gasteiger partial charge in [-0.2, -0.15) is 0 Å². The average molecular weight is 281 g/mol. The van der Waals surface area contributed by atoms with E-state index in [1.54, 1.807) is 11.3 Å². The number of piperidine rings is 1. The van der Waals surface area contributed by atoms with Crippen LogP contribution in [0.25, 0.3) is 0 Å². The van der Waals surface area contributed by atoms with Crippen molar-refractivity contribution >= 4 is 17.2 Å². The van der Waals surface area contributed by atoms with Gasteiger partial charge in [0.25, 0.3) is 0 Å². The molecule has 2 heterocycles. The fourth-order valence-corrected chi connectivity index (χ4v) is 3.31. The van der Waals surface area contributed by atoms with Gasteiger partial charge in [0.2, 0.25) is 5.91 Å². The third-order valence-electron chi connectivity index (χ3n) is 3.70. The van der Waals surface area contributed by atoms with E-state index in [2.05, 4.69) is 29.5 Å². The van der Waals surface area contributed by atoms with E-state index in [0.717, 1.165) is 30.8 Å². The summed E-state index contributed by atoms with van der Waals surface area (Å²) in [5.41, 5.74) is 0. The van der Waals surface area contributed by atoms with Gasteiger partial charge in [0.05, 0.1) is 12.1 Å². The van der Waals surface area contributed by atoms with Gasteiger partial charge in [-0.3, -0.25) is 4.79 Å². The van der Waals surface area contributed by atoms with E-state index in [1.165, 1.54) is 4.88 Å². The molecule has 4 nitrogen and oxygen atoms in total. The van der Waals surface area contributed by atoms with Crippen LogP contribution in [-0.2, 0) is 11.2 Å². The second kappa shape index (κ2) is 6.48. The number of carbonyl (C=O) groups excluding carboxylic acids is 1. The first-order valence-electron chi connectivity index (χ1n) is 7.10. The minimum absolute atomic E-state index is 0.00581. The molecule has 0 radical (unpaired) electrons. The molecule has 19 heavy (non-hydrogen) atoms. The summed E-state index contributed by atoms with van der Waals surface area (Å²) in [4.78, 5) is 17.9. The van der Waals surface area contributed by atoms with E-state index in [0.29, 0.717) is 5.92 Å². The maximum atomic E-state index is 12.3. The van der Waals surface area contributed by atoms with Gasteiger partial charge in [-0.05, 0) is 38.6 Å². The number of amides is 1. The first kappa shape index (κ1) is 14.5. The highest BCUT2D eigenvalue weighted by Gasteiger charge is 2.28. The molecule has 1 amide bonds. The average Bonchev–Trinajstić information content (AvgIpc) is 2.88. The molecule has 106 valence electrons. The Morgan fingerprint density at radius 3 is 3.11 bits per heavy atom. The monoisotopic (exact) mass is 281 g/mol. The Hall–Kier alpha value is -0.940. The molecule has 5 heteroatoms. The molecular weight excluding hydrogens is 258 g/mol. The summed E-state index contributed by atoms with van der Waals surface area (Å²) < 4.78 is 0. The van der Waals surface area contributed by atoms with Crippen LogP contribution in [0, 0.1) is 5.92 Å². The summed E-state index contributed by atoms with van der Waals surface area (Å²) in [6.07, 6.45) is 5.19. The maximum Gasteiger partial charge on any atom is 0.237 e. The predicted molar refractivity (Wildman–Crippen MR) is 78.2 cm³/mol.